The van der Waals surface area contributed by atoms with E-state index in [4.69, 9.17) is 11.6 Å². The molecular formula is C17H19ClN2O4S. The van der Waals surface area contributed by atoms with Gasteiger partial charge in [0.1, 0.15) is 0 Å². The van der Waals surface area contributed by atoms with E-state index in [1.54, 1.807) is 0 Å². The predicted octanol–water partition coefficient (Wildman–Crippen LogP) is 3.99. The van der Waals surface area contributed by atoms with E-state index in [1.807, 2.05) is 32.0 Å². The summed E-state index contributed by atoms with van der Waals surface area (Å²) in [5, 5.41) is 11.2. The van der Waals surface area contributed by atoms with Crippen molar-refractivity contribution in [1.29, 1.82) is 0 Å². The summed E-state index contributed by atoms with van der Waals surface area (Å²) in [5.74, 6) is 0. The van der Waals surface area contributed by atoms with E-state index in [9.17, 15) is 18.5 Å². The zero-order chi connectivity index (χ0) is 18.9. The first-order valence-corrected chi connectivity index (χ1v) is 9.33. The normalized spacial score (nSPS) is 11.8. The average Bonchev–Trinajstić information content (AvgIpc) is 2.51. The summed E-state index contributed by atoms with van der Waals surface area (Å²) in [4.78, 5) is 10.3. The van der Waals surface area contributed by atoms with Crippen LogP contribution in [-0.2, 0) is 16.6 Å². The molecular weight excluding hydrogens is 364 g/mol. The highest BCUT2D eigenvalue weighted by Gasteiger charge is 2.26. The molecule has 0 atom stereocenters. The monoisotopic (exact) mass is 382 g/mol. The lowest BCUT2D eigenvalue weighted by Crippen LogP contribution is -2.27. The van der Waals surface area contributed by atoms with E-state index >= 15 is 0 Å². The molecule has 0 spiro atoms. The molecule has 0 N–H and O–H groups in total. The van der Waals surface area contributed by atoms with Gasteiger partial charge in [-0.15, -0.1) is 0 Å². The molecule has 134 valence electrons. The van der Waals surface area contributed by atoms with Crippen LogP contribution >= 0.6 is 11.6 Å². The van der Waals surface area contributed by atoms with E-state index in [0.717, 1.165) is 27.1 Å². The fourth-order valence-electron chi connectivity index (χ4n) is 2.51. The molecule has 2 rings (SSSR count). The van der Waals surface area contributed by atoms with Gasteiger partial charge in [0.15, 0.2) is 0 Å². The minimum Gasteiger partial charge on any atom is -0.258 e. The van der Waals surface area contributed by atoms with Crippen molar-refractivity contribution in [2.75, 3.05) is 7.05 Å². The van der Waals surface area contributed by atoms with Gasteiger partial charge in [-0.2, -0.15) is 4.31 Å². The van der Waals surface area contributed by atoms with E-state index in [0.29, 0.717) is 0 Å². The van der Waals surface area contributed by atoms with Gasteiger partial charge in [-0.3, -0.25) is 10.1 Å². The second kappa shape index (κ2) is 7.11. The molecule has 0 radical (unpaired) electrons. The Kier molecular flexibility index (Phi) is 5.51. The first kappa shape index (κ1) is 19.4. The lowest BCUT2D eigenvalue weighted by molar-refractivity contribution is -0.385. The number of nitro groups is 1. The minimum absolute atomic E-state index is 0.0488. The van der Waals surface area contributed by atoms with E-state index in [-0.39, 0.29) is 27.7 Å². The third-order valence-corrected chi connectivity index (χ3v) is 6.26. The van der Waals surface area contributed by atoms with Crippen LogP contribution in [0.2, 0.25) is 5.02 Å². The molecule has 0 aliphatic carbocycles. The van der Waals surface area contributed by atoms with Crippen LogP contribution < -0.4 is 0 Å². The maximum Gasteiger partial charge on any atom is 0.275 e. The van der Waals surface area contributed by atoms with Gasteiger partial charge in [0.05, 0.1) is 14.8 Å². The third-order valence-electron chi connectivity index (χ3n) is 4.09. The van der Waals surface area contributed by atoms with E-state index in [2.05, 4.69) is 0 Å². The number of nitro benzene ring substituents is 1. The number of benzene rings is 2. The first-order chi connectivity index (χ1) is 11.5. The summed E-state index contributed by atoms with van der Waals surface area (Å²) in [5.41, 5.74) is 2.86. The Bertz CT molecular complexity index is 942. The first-order valence-electron chi connectivity index (χ1n) is 7.51. The van der Waals surface area contributed by atoms with Gasteiger partial charge in [-0.05, 0) is 38.0 Å². The molecule has 0 unspecified atom stereocenters. The fourth-order valence-corrected chi connectivity index (χ4v) is 3.98. The Labute approximate surface area is 152 Å². The maximum absolute atomic E-state index is 12.8. The second-order valence-electron chi connectivity index (χ2n) is 6.00. The predicted molar refractivity (Wildman–Crippen MR) is 97.4 cm³/mol. The summed E-state index contributed by atoms with van der Waals surface area (Å²) >= 11 is 5.99. The number of sulfonamides is 1. The Balaban J connectivity index is 2.42. The Hall–Kier alpha value is -1.96. The number of hydrogen-bond acceptors (Lipinski definition) is 4. The molecule has 8 heteroatoms. The number of halogens is 1. The Morgan fingerprint density at radius 3 is 2.36 bits per heavy atom. The van der Waals surface area contributed by atoms with Crippen molar-refractivity contribution in [2.45, 2.75) is 32.2 Å². The minimum atomic E-state index is -3.91. The number of nitrogens with zero attached hydrogens (tertiary/aromatic N) is 2. The molecule has 0 aliphatic rings. The van der Waals surface area contributed by atoms with Crippen molar-refractivity contribution in [3.63, 3.8) is 0 Å². The molecule has 0 saturated carbocycles. The van der Waals surface area contributed by atoms with Crippen molar-refractivity contribution < 1.29 is 13.3 Å². The van der Waals surface area contributed by atoms with Crippen LogP contribution in [0.5, 0.6) is 0 Å². The molecule has 0 fully saturated rings. The van der Waals surface area contributed by atoms with Crippen LogP contribution in [0.25, 0.3) is 0 Å². The van der Waals surface area contributed by atoms with Crippen molar-refractivity contribution in [3.8, 4) is 0 Å². The zero-order valence-electron chi connectivity index (χ0n) is 14.4. The molecule has 0 amide bonds. The van der Waals surface area contributed by atoms with Crippen LogP contribution in [0.4, 0.5) is 5.69 Å². The van der Waals surface area contributed by atoms with Gasteiger partial charge in [0.25, 0.3) is 5.69 Å². The molecule has 2 aromatic carbocycles. The van der Waals surface area contributed by atoms with Gasteiger partial charge in [-0.1, -0.05) is 35.4 Å². The Morgan fingerprint density at radius 2 is 1.80 bits per heavy atom. The maximum atomic E-state index is 12.8. The van der Waals surface area contributed by atoms with Crippen LogP contribution in [0.3, 0.4) is 0 Å². The van der Waals surface area contributed by atoms with Gasteiger partial charge in [0.2, 0.25) is 10.0 Å². The lowest BCUT2D eigenvalue weighted by atomic mass is 10.1. The van der Waals surface area contributed by atoms with Crippen LogP contribution in [-0.4, -0.2) is 24.7 Å². The summed E-state index contributed by atoms with van der Waals surface area (Å²) in [7, 11) is -2.48. The summed E-state index contributed by atoms with van der Waals surface area (Å²) in [6, 6.07) is 8.06. The number of rotatable bonds is 5. The quantitative estimate of drug-likeness (QED) is 0.578. The average molecular weight is 383 g/mol. The molecule has 0 aromatic heterocycles. The lowest BCUT2D eigenvalue weighted by Gasteiger charge is -2.19. The van der Waals surface area contributed by atoms with Crippen molar-refractivity contribution in [3.05, 3.63) is 67.7 Å². The molecule has 0 heterocycles. The fraction of sp³-hybridized carbons (Fsp3) is 0.294. The molecule has 2 aromatic rings. The van der Waals surface area contributed by atoms with E-state index < -0.39 is 14.9 Å². The Morgan fingerprint density at radius 1 is 1.16 bits per heavy atom. The topological polar surface area (TPSA) is 80.5 Å². The standard InChI is InChI=1S/C17H19ClN2O4S/c1-11-5-6-14(12(2)7-11)10-19(4)25(23,24)15-8-16(18)13(3)17(9-15)20(21)22/h5-9H,10H2,1-4H3. The van der Waals surface area contributed by atoms with Gasteiger partial charge < -0.3 is 0 Å². The highest BCUT2D eigenvalue weighted by Crippen LogP contribution is 2.31. The third kappa shape index (κ3) is 4.00. The van der Waals surface area contributed by atoms with Gasteiger partial charge in [0, 0.05) is 25.2 Å². The number of hydrogen-bond donors (Lipinski definition) is 0. The van der Waals surface area contributed by atoms with Gasteiger partial charge >= 0.3 is 0 Å². The second-order valence-corrected chi connectivity index (χ2v) is 8.45. The molecule has 25 heavy (non-hydrogen) atoms. The SMILES string of the molecule is Cc1ccc(CN(C)S(=O)(=O)c2cc(Cl)c(C)c([N+](=O)[O-])c2)c(C)c1. The van der Waals surface area contributed by atoms with Crippen LogP contribution in [0.1, 0.15) is 22.3 Å². The molecule has 6 nitrogen and oxygen atoms in total. The number of aryl methyl sites for hydroxylation is 2. The van der Waals surface area contributed by atoms with Crippen LogP contribution in [0.15, 0.2) is 35.2 Å². The molecule has 0 aliphatic heterocycles. The van der Waals surface area contributed by atoms with Crippen LogP contribution in [0, 0.1) is 30.9 Å². The highest BCUT2D eigenvalue weighted by atomic mass is 35.5. The summed E-state index contributed by atoms with van der Waals surface area (Å²) in [6.45, 7) is 5.52. The van der Waals surface area contributed by atoms with Crippen molar-refractivity contribution >= 4 is 27.3 Å². The molecule has 0 bridgehead atoms. The van der Waals surface area contributed by atoms with Crippen molar-refractivity contribution in [2.24, 2.45) is 0 Å². The van der Waals surface area contributed by atoms with Gasteiger partial charge in [-0.25, -0.2) is 8.42 Å². The highest BCUT2D eigenvalue weighted by molar-refractivity contribution is 7.89. The van der Waals surface area contributed by atoms with E-state index in [1.165, 1.54) is 20.0 Å². The van der Waals surface area contributed by atoms with Crippen molar-refractivity contribution in [1.82, 2.24) is 4.31 Å². The smallest absolute Gasteiger partial charge is 0.258 e. The largest absolute Gasteiger partial charge is 0.275 e. The summed E-state index contributed by atoms with van der Waals surface area (Å²) < 4.78 is 26.8. The summed E-state index contributed by atoms with van der Waals surface area (Å²) in [6.07, 6.45) is 0. The molecule has 0 saturated heterocycles. The zero-order valence-corrected chi connectivity index (χ0v) is 16.0.